The Morgan fingerprint density at radius 2 is 1.96 bits per heavy atom. The molecule has 3 heterocycles. The minimum absolute atomic E-state index is 0.119. The van der Waals surface area contributed by atoms with Gasteiger partial charge in [-0.25, -0.2) is 9.78 Å². The van der Waals surface area contributed by atoms with E-state index in [0.29, 0.717) is 13.1 Å². The fourth-order valence-electron chi connectivity index (χ4n) is 3.52. The molecule has 2 N–H and O–H groups in total. The molecule has 27 heavy (non-hydrogen) atoms. The monoisotopic (exact) mass is 375 g/mol. The number of rotatable bonds is 7. The molecule has 0 radical (unpaired) electrons. The van der Waals surface area contributed by atoms with Gasteiger partial charge in [-0.05, 0) is 43.4 Å². The second-order valence-corrected chi connectivity index (χ2v) is 7.61. The molecule has 2 saturated heterocycles. The summed E-state index contributed by atoms with van der Waals surface area (Å²) in [6.07, 6.45) is 5.29. The molecule has 0 aromatic carbocycles. The van der Waals surface area contributed by atoms with Crippen LogP contribution in [0.4, 0.5) is 10.6 Å². The molecule has 0 saturated carbocycles. The molecule has 1 aromatic heterocycles. The molecule has 1 aromatic rings. The number of nitrogens with zero attached hydrogens (tertiary/aromatic N) is 3. The number of ether oxygens (including phenoxy) is 1. The van der Waals surface area contributed by atoms with E-state index >= 15 is 0 Å². The number of morpholine rings is 1. The van der Waals surface area contributed by atoms with E-state index in [4.69, 9.17) is 4.74 Å². The second-order valence-electron chi connectivity index (χ2n) is 7.61. The van der Waals surface area contributed by atoms with Crippen LogP contribution < -0.4 is 15.5 Å². The van der Waals surface area contributed by atoms with Gasteiger partial charge in [0, 0.05) is 45.5 Å². The third-order valence-corrected chi connectivity index (χ3v) is 5.41. The van der Waals surface area contributed by atoms with Crippen LogP contribution in [-0.2, 0) is 11.3 Å². The first-order chi connectivity index (χ1) is 13.2. The normalized spacial score (nSPS) is 19.1. The Balaban J connectivity index is 1.30. The number of hydrogen-bond acceptors (Lipinski definition) is 5. The standard InChI is InChI=1S/C20H33N5O2/c1-17-5-9-25(10-6-17)19-4-3-18(15-22-19)16-23-20(26)21-7-2-8-24-11-13-27-14-12-24/h3-4,15,17H,2,5-14,16H2,1H3,(H2,21,23,26). The second kappa shape index (κ2) is 10.5. The first-order valence-corrected chi connectivity index (χ1v) is 10.2. The van der Waals surface area contributed by atoms with Crippen molar-refractivity contribution in [3.63, 3.8) is 0 Å². The molecule has 7 nitrogen and oxygen atoms in total. The number of hydrogen-bond donors (Lipinski definition) is 2. The van der Waals surface area contributed by atoms with Crippen molar-refractivity contribution in [1.82, 2.24) is 20.5 Å². The van der Waals surface area contributed by atoms with Crippen molar-refractivity contribution in [1.29, 1.82) is 0 Å². The lowest BCUT2D eigenvalue weighted by Gasteiger charge is -2.31. The van der Waals surface area contributed by atoms with Crippen LogP contribution in [0.25, 0.3) is 0 Å². The van der Waals surface area contributed by atoms with Crippen molar-refractivity contribution in [3.05, 3.63) is 23.9 Å². The van der Waals surface area contributed by atoms with E-state index in [1.54, 1.807) is 0 Å². The third kappa shape index (κ3) is 6.66. The van der Waals surface area contributed by atoms with Crippen molar-refractivity contribution in [3.8, 4) is 0 Å². The zero-order valence-electron chi connectivity index (χ0n) is 16.5. The van der Waals surface area contributed by atoms with E-state index in [9.17, 15) is 4.79 Å². The molecule has 0 bridgehead atoms. The van der Waals surface area contributed by atoms with Gasteiger partial charge in [0.15, 0.2) is 0 Å². The van der Waals surface area contributed by atoms with E-state index in [0.717, 1.165) is 69.7 Å². The topological polar surface area (TPSA) is 69.7 Å². The summed E-state index contributed by atoms with van der Waals surface area (Å²) in [4.78, 5) is 21.2. The van der Waals surface area contributed by atoms with E-state index in [-0.39, 0.29) is 6.03 Å². The highest BCUT2D eigenvalue weighted by Gasteiger charge is 2.16. The number of urea groups is 1. The average Bonchev–Trinajstić information content (AvgIpc) is 2.71. The van der Waals surface area contributed by atoms with Gasteiger partial charge >= 0.3 is 6.03 Å². The molecule has 0 atom stereocenters. The number of pyridine rings is 1. The number of aromatic nitrogens is 1. The molecule has 3 rings (SSSR count). The molecule has 2 amide bonds. The zero-order chi connectivity index (χ0) is 18.9. The van der Waals surface area contributed by atoms with Crippen LogP contribution in [-0.4, -0.2) is 68.4 Å². The average molecular weight is 376 g/mol. The summed E-state index contributed by atoms with van der Waals surface area (Å²) in [6, 6.07) is 4.00. The maximum atomic E-state index is 11.9. The molecule has 7 heteroatoms. The summed E-state index contributed by atoms with van der Waals surface area (Å²) in [5.41, 5.74) is 1.02. The number of anilines is 1. The Labute approximate surface area is 162 Å². The van der Waals surface area contributed by atoms with Crippen molar-refractivity contribution < 1.29 is 9.53 Å². The van der Waals surface area contributed by atoms with Crippen LogP contribution in [0.15, 0.2) is 18.3 Å². The highest BCUT2D eigenvalue weighted by Crippen LogP contribution is 2.21. The summed E-state index contributed by atoms with van der Waals surface area (Å²) in [6.45, 7) is 10.3. The first kappa shape index (κ1) is 19.9. The lowest BCUT2D eigenvalue weighted by molar-refractivity contribution is 0.0375. The van der Waals surface area contributed by atoms with Gasteiger partial charge in [-0.2, -0.15) is 0 Å². The number of amides is 2. The summed E-state index contributed by atoms with van der Waals surface area (Å²) < 4.78 is 5.33. The minimum atomic E-state index is -0.119. The predicted molar refractivity (Wildman–Crippen MR) is 107 cm³/mol. The van der Waals surface area contributed by atoms with Gasteiger partial charge in [-0.3, -0.25) is 4.90 Å². The van der Waals surface area contributed by atoms with Gasteiger partial charge in [0.05, 0.1) is 13.2 Å². The van der Waals surface area contributed by atoms with Gasteiger partial charge in [0.25, 0.3) is 0 Å². The maximum Gasteiger partial charge on any atom is 0.315 e. The van der Waals surface area contributed by atoms with Crippen LogP contribution >= 0.6 is 0 Å². The van der Waals surface area contributed by atoms with Crippen molar-refractivity contribution in [2.24, 2.45) is 5.92 Å². The van der Waals surface area contributed by atoms with Crippen LogP contribution in [0, 0.1) is 5.92 Å². The molecule has 2 aliphatic rings. The SMILES string of the molecule is CC1CCN(c2ccc(CNC(=O)NCCCN3CCOCC3)cn2)CC1. The van der Waals surface area contributed by atoms with E-state index in [1.807, 2.05) is 6.20 Å². The summed E-state index contributed by atoms with van der Waals surface area (Å²) in [5, 5.41) is 5.83. The number of carbonyl (C=O) groups excluding carboxylic acids is 1. The van der Waals surface area contributed by atoms with Crippen LogP contribution in [0.5, 0.6) is 0 Å². The molecule has 0 unspecified atom stereocenters. The molecule has 0 aliphatic carbocycles. The van der Waals surface area contributed by atoms with Gasteiger partial charge in [-0.15, -0.1) is 0 Å². The molecule has 2 fully saturated rings. The largest absolute Gasteiger partial charge is 0.379 e. The lowest BCUT2D eigenvalue weighted by Crippen LogP contribution is -2.39. The minimum Gasteiger partial charge on any atom is -0.379 e. The third-order valence-electron chi connectivity index (χ3n) is 5.41. The summed E-state index contributed by atoms with van der Waals surface area (Å²) >= 11 is 0. The maximum absolute atomic E-state index is 11.9. The molecule has 0 spiro atoms. The van der Waals surface area contributed by atoms with Crippen LogP contribution in [0.2, 0.25) is 0 Å². The summed E-state index contributed by atoms with van der Waals surface area (Å²) in [7, 11) is 0. The molecule has 150 valence electrons. The number of piperidine rings is 1. The molecule has 2 aliphatic heterocycles. The molecular weight excluding hydrogens is 342 g/mol. The summed E-state index contributed by atoms with van der Waals surface area (Å²) in [5.74, 6) is 1.86. The smallest absolute Gasteiger partial charge is 0.315 e. The van der Waals surface area contributed by atoms with E-state index < -0.39 is 0 Å². The Morgan fingerprint density at radius 1 is 1.19 bits per heavy atom. The lowest BCUT2D eigenvalue weighted by atomic mass is 9.99. The fraction of sp³-hybridized carbons (Fsp3) is 0.700. The van der Waals surface area contributed by atoms with Gasteiger partial charge in [0.1, 0.15) is 5.82 Å². The zero-order valence-corrected chi connectivity index (χ0v) is 16.5. The number of nitrogens with one attached hydrogen (secondary N) is 2. The Kier molecular flexibility index (Phi) is 7.71. The van der Waals surface area contributed by atoms with Crippen molar-refractivity contribution >= 4 is 11.8 Å². The van der Waals surface area contributed by atoms with Gasteiger partial charge < -0.3 is 20.3 Å². The van der Waals surface area contributed by atoms with Crippen LogP contribution in [0.3, 0.4) is 0 Å². The quantitative estimate of drug-likeness (QED) is 0.712. The van der Waals surface area contributed by atoms with E-state index in [1.165, 1.54) is 12.8 Å². The highest BCUT2D eigenvalue weighted by atomic mass is 16.5. The van der Waals surface area contributed by atoms with Crippen molar-refractivity contribution in [2.45, 2.75) is 32.7 Å². The Hall–Kier alpha value is -1.86. The van der Waals surface area contributed by atoms with Gasteiger partial charge in [0.2, 0.25) is 0 Å². The Morgan fingerprint density at radius 3 is 2.67 bits per heavy atom. The predicted octanol–water partition coefficient (Wildman–Crippen LogP) is 1.84. The highest BCUT2D eigenvalue weighted by molar-refractivity contribution is 5.73. The van der Waals surface area contributed by atoms with Gasteiger partial charge in [-0.1, -0.05) is 13.0 Å². The Bertz CT molecular complexity index is 566. The van der Waals surface area contributed by atoms with Crippen LogP contribution in [0.1, 0.15) is 31.7 Å². The number of carbonyl (C=O) groups is 1. The van der Waals surface area contributed by atoms with Crippen molar-refractivity contribution in [2.75, 3.05) is 57.4 Å². The fourth-order valence-corrected chi connectivity index (χ4v) is 3.52. The molecular formula is C20H33N5O2. The first-order valence-electron chi connectivity index (χ1n) is 10.2. The van der Waals surface area contributed by atoms with E-state index in [2.05, 4.69) is 44.5 Å².